The summed E-state index contributed by atoms with van der Waals surface area (Å²) < 4.78 is 64.4. The molecule has 0 aliphatic heterocycles. The third-order valence-electron chi connectivity index (χ3n) is 10.6. The highest BCUT2D eigenvalue weighted by atomic mass is 32.1. The Labute approximate surface area is 339 Å². The molecule has 0 bridgehead atoms. The molecule has 0 saturated heterocycles. The zero-order chi connectivity index (χ0) is 42.7. The summed E-state index contributed by atoms with van der Waals surface area (Å²) in [6.45, 7) is 0. The second kappa shape index (κ2) is 12.6. The first-order valence-corrected chi connectivity index (χ1v) is 19.3. The van der Waals surface area contributed by atoms with Crippen molar-refractivity contribution in [3.05, 3.63) is 182 Å². The van der Waals surface area contributed by atoms with Crippen LogP contribution in [0.1, 0.15) is 8.22 Å². The summed E-state index contributed by atoms with van der Waals surface area (Å²) in [7, 11) is 0. The Balaban J connectivity index is 1.20. The monoisotopic (exact) mass is 752 g/mol. The number of fused-ring (bicyclic) bond motifs is 9. The molecule has 6 heteroatoms. The molecule has 0 unspecified atom stereocenters. The number of nitrogens with zero attached hydrogens (tertiary/aromatic N) is 4. The minimum atomic E-state index is -0.191. The predicted octanol–water partition coefficient (Wildman–Crippen LogP) is 13.9. The molecule has 57 heavy (non-hydrogen) atoms. The molecular weight excluding hydrogens is 717 g/mol. The van der Waals surface area contributed by atoms with Crippen molar-refractivity contribution < 1.29 is 12.6 Å². The van der Waals surface area contributed by atoms with Gasteiger partial charge in [0.15, 0.2) is 17.5 Å². The second-order valence-corrected chi connectivity index (χ2v) is 15.0. The molecule has 0 aliphatic rings. The molecule has 0 fully saturated rings. The van der Waals surface area contributed by atoms with Gasteiger partial charge >= 0.3 is 0 Å². The summed E-state index contributed by atoms with van der Waals surface area (Å²) in [6, 6.07) is 45.8. The molecule has 0 spiro atoms. The highest BCUT2D eigenvalue weighted by Crippen LogP contribution is 2.42. The first kappa shape index (κ1) is 26.4. The number of thiophene rings is 1. The number of rotatable bonds is 5. The van der Waals surface area contributed by atoms with Gasteiger partial charge in [-0.3, -0.25) is 0 Å². The Kier molecular flexibility index (Phi) is 5.82. The predicted molar refractivity (Wildman–Crippen MR) is 236 cm³/mol. The number of hydrogen-bond acceptors (Lipinski definition) is 5. The molecule has 0 amide bonds. The lowest BCUT2D eigenvalue weighted by atomic mass is 9.98. The van der Waals surface area contributed by atoms with Crippen molar-refractivity contribution in [1.29, 1.82) is 0 Å². The Hall–Kier alpha value is -7.41. The lowest BCUT2D eigenvalue weighted by Crippen LogP contribution is -2.04. The summed E-state index contributed by atoms with van der Waals surface area (Å²) in [5.74, 6) is 1.19. The van der Waals surface area contributed by atoms with Gasteiger partial charge in [-0.2, -0.15) is 0 Å². The quantitative estimate of drug-likeness (QED) is 0.176. The van der Waals surface area contributed by atoms with Gasteiger partial charge < -0.3 is 8.98 Å². The molecule has 8 aromatic carbocycles. The van der Waals surface area contributed by atoms with Crippen LogP contribution in [0.25, 0.3) is 115 Å². The molecule has 0 atom stereocenters. The van der Waals surface area contributed by atoms with Gasteiger partial charge in [0.2, 0.25) is 0 Å². The second-order valence-electron chi connectivity index (χ2n) is 13.9. The molecule has 266 valence electrons. The fourth-order valence-corrected chi connectivity index (χ4v) is 9.16. The molecule has 0 radical (unpaired) electrons. The standard InChI is InChI=1S/C51H30N4OS/c1-2-13-31(14-3-1)49-52-50(33-25-27-39-38-18-7-11-24-46(38)57-47(39)30-33)54-51(53-49)41-29-32(34-19-12-20-40-37-17-6-10-23-45(37)56-48(34)40)26-28-44(41)55-42-21-8-4-15-35(42)36-16-5-9-22-43(36)55/h1-30H/i4D,5D,15D,16D,21D,22D. The van der Waals surface area contributed by atoms with Crippen LogP contribution in [-0.4, -0.2) is 19.5 Å². The van der Waals surface area contributed by atoms with Crippen LogP contribution in [0.4, 0.5) is 0 Å². The van der Waals surface area contributed by atoms with E-state index in [1.807, 2.05) is 109 Å². The number of aromatic nitrogens is 4. The van der Waals surface area contributed by atoms with E-state index >= 15 is 0 Å². The van der Waals surface area contributed by atoms with E-state index in [0.29, 0.717) is 34.3 Å². The first-order valence-electron chi connectivity index (χ1n) is 21.5. The molecule has 0 saturated carbocycles. The zero-order valence-corrected chi connectivity index (χ0v) is 30.8. The average molecular weight is 753 g/mol. The Morgan fingerprint density at radius 3 is 1.95 bits per heavy atom. The molecular formula is C51H30N4OS. The third-order valence-corrected chi connectivity index (χ3v) is 11.8. The van der Waals surface area contributed by atoms with Crippen LogP contribution in [0.15, 0.2) is 186 Å². The van der Waals surface area contributed by atoms with Gasteiger partial charge in [0.1, 0.15) is 11.2 Å². The van der Waals surface area contributed by atoms with Crippen LogP contribution in [0.3, 0.4) is 0 Å². The fourth-order valence-electron chi connectivity index (χ4n) is 8.01. The molecule has 5 nitrogen and oxygen atoms in total. The first-order chi connectivity index (χ1) is 30.7. The zero-order valence-electron chi connectivity index (χ0n) is 36.0. The topological polar surface area (TPSA) is 56.7 Å². The molecule has 0 N–H and O–H groups in total. The number of hydrogen-bond donors (Lipinski definition) is 0. The highest BCUT2D eigenvalue weighted by molar-refractivity contribution is 7.25. The van der Waals surface area contributed by atoms with Gasteiger partial charge in [-0.15, -0.1) is 11.3 Å². The van der Waals surface area contributed by atoms with Crippen LogP contribution in [0, 0.1) is 0 Å². The van der Waals surface area contributed by atoms with Gasteiger partial charge in [0.05, 0.1) is 24.9 Å². The molecule has 4 heterocycles. The van der Waals surface area contributed by atoms with E-state index in [1.54, 1.807) is 15.9 Å². The molecule has 4 aromatic heterocycles. The van der Waals surface area contributed by atoms with Crippen molar-refractivity contribution in [2.45, 2.75) is 0 Å². The summed E-state index contributed by atoms with van der Waals surface area (Å²) in [5.41, 5.74) is 6.12. The summed E-state index contributed by atoms with van der Waals surface area (Å²) in [5, 5.41) is 4.60. The Morgan fingerprint density at radius 2 is 1.12 bits per heavy atom. The van der Waals surface area contributed by atoms with Crippen molar-refractivity contribution in [2.75, 3.05) is 0 Å². The average Bonchev–Trinajstić information content (AvgIpc) is 4.00. The maximum absolute atomic E-state index is 9.27. The van der Waals surface area contributed by atoms with Crippen LogP contribution in [-0.2, 0) is 0 Å². The Morgan fingerprint density at radius 1 is 0.456 bits per heavy atom. The summed E-state index contributed by atoms with van der Waals surface area (Å²) in [6.07, 6.45) is 0. The van der Waals surface area contributed by atoms with Gasteiger partial charge in [-0.1, -0.05) is 139 Å². The van der Waals surface area contributed by atoms with Crippen molar-refractivity contribution in [2.24, 2.45) is 0 Å². The van der Waals surface area contributed by atoms with Crippen molar-refractivity contribution >= 4 is 75.3 Å². The van der Waals surface area contributed by atoms with Crippen LogP contribution >= 0.6 is 11.3 Å². The van der Waals surface area contributed by atoms with Crippen molar-refractivity contribution in [1.82, 2.24) is 19.5 Å². The van der Waals surface area contributed by atoms with Crippen molar-refractivity contribution in [3.8, 4) is 51.0 Å². The van der Waals surface area contributed by atoms with E-state index in [-0.39, 0.29) is 58.1 Å². The van der Waals surface area contributed by atoms with Crippen molar-refractivity contribution in [3.63, 3.8) is 0 Å². The maximum atomic E-state index is 9.27. The van der Waals surface area contributed by atoms with E-state index < -0.39 is 0 Å². The molecule has 12 rings (SSSR count). The SMILES string of the molecule is [2H]c1cc([2H])c2c(c1[2H])c1c([2H])c([2H])cc([2H])c1n2-c1ccc(-c2cccc3c2oc2ccccc23)cc1-c1nc(-c2ccccc2)nc(-c2ccc3c(c2)sc2ccccc23)n1. The third kappa shape index (κ3) is 5.04. The fraction of sp³-hybridized carbons (Fsp3) is 0. The lowest BCUT2D eigenvalue weighted by Gasteiger charge is -2.16. The maximum Gasteiger partial charge on any atom is 0.166 e. The molecule has 0 aliphatic carbocycles. The molecule has 12 aromatic rings. The minimum absolute atomic E-state index is 0.0625. The number of para-hydroxylation sites is 4. The summed E-state index contributed by atoms with van der Waals surface area (Å²) in [4.78, 5) is 15.5. The lowest BCUT2D eigenvalue weighted by molar-refractivity contribution is 0.670. The smallest absolute Gasteiger partial charge is 0.166 e. The van der Waals surface area contributed by atoms with Crippen LogP contribution < -0.4 is 0 Å². The van der Waals surface area contributed by atoms with Crippen LogP contribution in [0.5, 0.6) is 0 Å². The van der Waals surface area contributed by atoms with E-state index in [2.05, 4.69) is 24.3 Å². The van der Waals surface area contributed by atoms with Gasteiger partial charge in [-0.25, -0.2) is 15.0 Å². The van der Waals surface area contributed by atoms with Crippen LogP contribution in [0.2, 0.25) is 0 Å². The number of benzene rings is 8. The largest absolute Gasteiger partial charge is 0.455 e. The summed E-state index contributed by atoms with van der Waals surface area (Å²) >= 11 is 1.71. The number of furan rings is 1. The Bertz CT molecular complexity index is 3830. The van der Waals surface area contributed by atoms with Gasteiger partial charge in [0.25, 0.3) is 0 Å². The van der Waals surface area contributed by atoms with E-state index in [9.17, 15) is 2.74 Å². The van der Waals surface area contributed by atoms with E-state index in [1.165, 1.54) is 22.2 Å². The highest BCUT2D eigenvalue weighted by Gasteiger charge is 2.22. The van der Waals surface area contributed by atoms with Gasteiger partial charge in [-0.05, 0) is 48.0 Å². The normalized spacial score (nSPS) is 13.3. The van der Waals surface area contributed by atoms with E-state index in [0.717, 1.165) is 48.7 Å². The van der Waals surface area contributed by atoms with E-state index in [4.69, 9.17) is 24.9 Å². The van der Waals surface area contributed by atoms with Gasteiger partial charge in [0, 0.05) is 64.0 Å². The minimum Gasteiger partial charge on any atom is -0.455 e.